The molecule has 0 heterocycles. The molecule has 170 valence electrons. The molecule has 0 spiro atoms. The van der Waals surface area contributed by atoms with Gasteiger partial charge in [0.15, 0.2) is 23.3 Å². The van der Waals surface area contributed by atoms with Crippen LogP contribution in [0.25, 0.3) is 32.3 Å². The minimum absolute atomic E-state index is 0.0217. The zero-order chi connectivity index (χ0) is 24.3. The first kappa shape index (κ1) is 21.6. The van der Waals surface area contributed by atoms with E-state index in [1.54, 1.807) is 18.2 Å². The van der Waals surface area contributed by atoms with Gasteiger partial charge in [0.2, 0.25) is 0 Å². The van der Waals surface area contributed by atoms with E-state index in [0.717, 1.165) is 16.2 Å². The molecule has 9 heteroatoms. The predicted octanol–water partition coefficient (Wildman–Crippen LogP) is 6.66. The summed E-state index contributed by atoms with van der Waals surface area (Å²) in [5.74, 6) is -11.4. The molecule has 0 bridgehead atoms. The molecular weight excluding hydrogens is 459 g/mol. The molecule has 1 unspecified atom stereocenters. The number of hydrogen-bond acceptors (Lipinski definition) is 3. The fourth-order valence-corrected chi connectivity index (χ4v) is 4.17. The number of carboxylic acid groups (broad SMARTS) is 1. The minimum atomic E-state index is -3.04. The molecule has 0 amide bonds. The van der Waals surface area contributed by atoms with Crippen molar-refractivity contribution in [2.75, 3.05) is 0 Å². The van der Waals surface area contributed by atoms with Gasteiger partial charge in [0.25, 0.3) is 6.36 Å². The number of benzene rings is 5. The van der Waals surface area contributed by atoms with Crippen molar-refractivity contribution in [1.82, 2.24) is 0 Å². The van der Waals surface area contributed by atoms with Crippen LogP contribution < -0.4 is 0 Å². The average Bonchev–Trinajstić information content (AvgIpc) is 2.82. The van der Waals surface area contributed by atoms with Crippen molar-refractivity contribution in [3.05, 3.63) is 94.6 Å². The Labute approximate surface area is 187 Å². The minimum Gasteiger partial charge on any atom is -0.478 e. The third kappa shape index (κ3) is 3.12. The second-order valence-corrected chi connectivity index (χ2v) is 7.57. The van der Waals surface area contributed by atoms with E-state index in [2.05, 4.69) is 4.74 Å². The molecule has 0 aliphatic heterocycles. The summed E-state index contributed by atoms with van der Waals surface area (Å²) in [7, 11) is 0. The van der Waals surface area contributed by atoms with Crippen LogP contribution in [-0.4, -0.2) is 17.0 Å². The highest BCUT2D eigenvalue weighted by atomic mass is 19.2. The third-order valence-electron chi connectivity index (χ3n) is 5.67. The number of rotatable bonds is 4. The monoisotopic (exact) mass is 470 g/mol. The maximum atomic E-state index is 14.7. The Balaban J connectivity index is 1.69. The quantitative estimate of drug-likeness (QED) is 0.105. The second kappa shape index (κ2) is 7.65. The number of esters is 1. The maximum Gasteiger partial charge on any atom is 0.342 e. The van der Waals surface area contributed by atoms with Gasteiger partial charge in [0.1, 0.15) is 0 Å². The van der Waals surface area contributed by atoms with Crippen molar-refractivity contribution in [2.24, 2.45) is 0 Å². The molecule has 0 saturated heterocycles. The van der Waals surface area contributed by atoms with E-state index < -0.39 is 58.3 Å². The van der Waals surface area contributed by atoms with Gasteiger partial charge >= 0.3 is 11.9 Å². The fourth-order valence-electron chi connectivity index (χ4n) is 4.17. The molecule has 5 aromatic rings. The summed E-state index contributed by atoms with van der Waals surface area (Å²) in [4.78, 5) is 24.9. The summed E-state index contributed by atoms with van der Waals surface area (Å²) < 4.78 is 73.4. The molecule has 5 rings (SSSR count). The number of ether oxygens (including phenoxy) is 1. The van der Waals surface area contributed by atoms with Gasteiger partial charge in [-0.2, -0.15) is 4.39 Å². The average molecular weight is 470 g/mol. The normalized spacial score (nSPS) is 12.5. The van der Waals surface area contributed by atoms with Crippen LogP contribution in [-0.2, 0) is 4.74 Å². The zero-order valence-corrected chi connectivity index (χ0v) is 16.8. The first-order valence-corrected chi connectivity index (χ1v) is 9.80. The molecule has 0 saturated carbocycles. The molecular formula is C25H11F5O4. The predicted molar refractivity (Wildman–Crippen MR) is 113 cm³/mol. The fraction of sp³-hybridized carbons (Fsp3) is 0.0400. The molecule has 34 heavy (non-hydrogen) atoms. The van der Waals surface area contributed by atoms with Crippen molar-refractivity contribution in [1.29, 1.82) is 0 Å². The second-order valence-electron chi connectivity index (χ2n) is 7.57. The van der Waals surface area contributed by atoms with Gasteiger partial charge in [-0.3, -0.25) is 0 Å². The third-order valence-corrected chi connectivity index (χ3v) is 5.67. The Bertz CT molecular complexity index is 1630. The lowest BCUT2D eigenvalue weighted by molar-refractivity contribution is -0.0184. The molecule has 0 aliphatic carbocycles. The van der Waals surface area contributed by atoms with Gasteiger partial charge < -0.3 is 9.84 Å². The summed E-state index contributed by atoms with van der Waals surface area (Å²) in [5, 5.41) is 13.2. The van der Waals surface area contributed by atoms with Gasteiger partial charge in [-0.15, -0.1) is 0 Å². The van der Waals surface area contributed by atoms with Gasteiger partial charge in [-0.05, 0) is 44.5 Å². The number of halogens is 5. The lowest BCUT2D eigenvalue weighted by atomic mass is 9.89. The SMILES string of the molecule is O=C(O)c1cc2ccc3cccc4ccc(c1C(=O)OC(F)c1cc(F)c(F)c(F)c1F)c2c34. The number of carbonyl (C=O) groups is 2. The molecule has 1 N–H and O–H groups in total. The smallest absolute Gasteiger partial charge is 0.342 e. The van der Waals surface area contributed by atoms with Crippen LogP contribution >= 0.6 is 0 Å². The zero-order valence-electron chi connectivity index (χ0n) is 16.8. The van der Waals surface area contributed by atoms with Crippen molar-refractivity contribution >= 4 is 44.3 Å². The summed E-state index contributed by atoms with van der Waals surface area (Å²) in [6.07, 6.45) is -3.04. The van der Waals surface area contributed by atoms with E-state index in [1.807, 2.05) is 18.2 Å². The number of alkyl halides is 1. The molecule has 0 fully saturated rings. The summed E-state index contributed by atoms with van der Waals surface area (Å²) in [6.45, 7) is 0. The standard InChI is InChI=1S/C25H11F5O4/c26-16-9-15(20(27)22(29)21(16)28)23(30)34-25(33)19-13-7-6-11-3-1-2-10-4-5-12(18(13)17(10)11)8-14(19)24(31)32/h1-9,23H,(H,31,32). The first-order chi connectivity index (χ1) is 16.2. The highest BCUT2D eigenvalue weighted by Gasteiger charge is 2.30. The van der Waals surface area contributed by atoms with E-state index in [1.165, 1.54) is 12.1 Å². The van der Waals surface area contributed by atoms with Crippen LogP contribution in [0.3, 0.4) is 0 Å². The number of aromatic carboxylic acids is 1. The Morgan fingerprint density at radius 3 is 2.12 bits per heavy atom. The number of carboxylic acids is 1. The van der Waals surface area contributed by atoms with Crippen LogP contribution in [0.5, 0.6) is 0 Å². The highest BCUT2D eigenvalue weighted by Crippen LogP contribution is 2.38. The van der Waals surface area contributed by atoms with Crippen LogP contribution in [0.1, 0.15) is 32.6 Å². The van der Waals surface area contributed by atoms with Crippen LogP contribution in [0.2, 0.25) is 0 Å². The van der Waals surface area contributed by atoms with Crippen LogP contribution in [0, 0.1) is 23.3 Å². The topological polar surface area (TPSA) is 63.6 Å². The molecule has 0 radical (unpaired) electrons. The molecule has 4 nitrogen and oxygen atoms in total. The summed E-state index contributed by atoms with van der Waals surface area (Å²) >= 11 is 0. The van der Waals surface area contributed by atoms with Gasteiger partial charge in [0, 0.05) is 0 Å². The number of carbonyl (C=O) groups excluding carboxylic acids is 1. The van der Waals surface area contributed by atoms with E-state index in [4.69, 9.17) is 0 Å². The lowest BCUT2D eigenvalue weighted by Gasteiger charge is -2.17. The summed E-state index contributed by atoms with van der Waals surface area (Å²) in [6, 6.07) is 13.3. The van der Waals surface area contributed by atoms with Crippen LogP contribution in [0.15, 0.2) is 54.6 Å². The Morgan fingerprint density at radius 2 is 1.44 bits per heavy atom. The Kier molecular flexibility index (Phi) is 4.85. The van der Waals surface area contributed by atoms with Crippen molar-refractivity contribution < 1.29 is 41.4 Å². The highest BCUT2D eigenvalue weighted by molar-refractivity contribution is 6.28. The molecule has 5 aromatic carbocycles. The van der Waals surface area contributed by atoms with Gasteiger partial charge in [-0.1, -0.05) is 42.5 Å². The molecule has 1 atom stereocenters. The van der Waals surface area contributed by atoms with E-state index in [0.29, 0.717) is 10.8 Å². The molecule has 0 aliphatic rings. The van der Waals surface area contributed by atoms with Gasteiger partial charge in [0.05, 0.1) is 16.7 Å². The largest absolute Gasteiger partial charge is 0.478 e. The van der Waals surface area contributed by atoms with Crippen molar-refractivity contribution in [3.8, 4) is 0 Å². The summed E-state index contributed by atoms with van der Waals surface area (Å²) in [5.41, 5.74) is -2.43. The van der Waals surface area contributed by atoms with Crippen molar-refractivity contribution in [3.63, 3.8) is 0 Å². The number of hydrogen-bond donors (Lipinski definition) is 1. The Hall–Kier alpha value is -4.27. The molecule has 0 aromatic heterocycles. The van der Waals surface area contributed by atoms with Gasteiger partial charge in [-0.25, -0.2) is 27.2 Å². The van der Waals surface area contributed by atoms with Crippen molar-refractivity contribution in [2.45, 2.75) is 6.36 Å². The first-order valence-electron chi connectivity index (χ1n) is 9.80. The van der Waals surface area contributed by atoms with E-state index in [-0.39, 0.29) is 11.5 Å². The van der Waals surface area contributed by atoms with Crippen LogP contribution in [0.4, 0.5) is 22.0 Å². The Morgan fingerprint density at radius 1 is 0.794 bits per heavy atom. The van der Waals surface area contributed by atoms with E-state index in [9.17, 15) is 36.6 Å². The van der Waals surface area contributed by atoms with E-state index >= 15 is 0 Å². The maximum absolute atomic E-state index is 14.7. The lowest BCUT2D eigenvalue weighted by Crippen LogP contribution is -2.16.